The Balaban J connectivity index is 3.19. The molecule has 0 spiro atoms. The van der Waals surface area contributed by atoms with Crippen molar-refractivity contribution >= 4 is 11.8 Å². The normalized spacial score (nSPS) is 13.4. The van der Waals surface area contributed by atoms with Crippen molar-refractivity contribution in [3.05, 3.63) is 23.5 Å². The van der Waals surface area contributed by atoms with E-state index in [1.165, 1.54) is 34.1 Å². The highest BCUT2D eigenvalue weighted by Crippen LogP contribution is 2.31. The highest BCUT2D eigenvalue weighted by Gasteiger charge is 2.29. The SMILES string of the molecule is COc1cc(F)c(C(=O)C(C)C(C)C(=O)O)cc1OC. The van der Waals surface area contributed by atoms with Crippen LogP contribution in [0.15, 0.2) is 12.1 Å². The summed E-state index contributed by atoms with van der Waals surface area (Å²) in [7, 11) is 2.72. The number of hydrogen-bond donors (Lipinski definition) is 1. The van der Waals surface area contributed by atoms with Gasteiger partial charge < -0.3 is 14.6 Å². The Morgan fingerprint density at radius 1 is 1.10 bits per heavy atom. The molecule has 0 aliphatic rings. The van der Waals surface area contributed by atoms with Crippen molar-refractivity contribution in [3.8, 4) is 11.5 Å². The standard InChI is InChI=1S/C14H17FO5/c1-7(8(2)14(17)18)13(16)9-5-11(19-3)12(20-4)6-10(9)15/h5-8H,1-4H3,(H,17,18). The van der Waals surface area contributed by atoms with Gasteiger partial charge in [0.1, 0.15) is 5.82 Å². The van der Waals surface area contributed by atoms with Crippen LogP contribution in [-0.4, -0.2) is 31.1 Å². The van der Waals surface area contributed by atoms with Gasteiger partial charge in [-0.25, -0.2) is 4.39 Å². The van der Waals surface area contributed by atoms with Crippen molar-refractivity contribution in [1.29, 1.82) is 0 Å². The quantitative estimate of drug-likeness (QED) is 0.812. The van der Waals surface area contributed by atoms with Crippen LogP contribution in [0.1, 0.15) is 24.2 Å². The summed E-state index contributed by atoms with van der Waals surface area (Å²) in [5.74, 6) is -3.83. The average Bonchev–Trinajstić information content (AvgIpc) is 2.44. The smallest absolute Gasteiger partial charge is 0.306 e. The van der Waals surface area contributed by atoms with Crippen LogP contribution in [0.3, 0.4) is 0 Å². The first-order valence-electron chi connectivity index (χ1n) is 6.02. The number of Topliss-reactive ketones (excluding diaryl/α,β-unsaturated/α-hetero) is 1. The van der Waals surface area contributed by atoms with E-state index in [-0.39, 0.29) is 17.1 Å². The molecule has 110 valence electrons. The lowest BCUT2D eigenvalue weighted by Gasteiger charge is -2.16. The summed E-state index contributed by atoms with van der Waals surface area (Å²) >= 11 is 0. The van der Waals surface area contributed by atoms with Crippen LogP contribution in [0.25, 0.3) is 0 Å². The molecule has 0 aliphatic carbocycles. The molecule has 1 rings (SSSR count). The third-order valence-electron chi connectivity index (χ3n) is 3.29. The number of carbonyl (C=O) groups is 2. The van der Waals surface area contributed by atoms with Gasteiger partial charge in [-0.1, -0.05) is 13.8 Å². The maximum Gasteiger partial charge on any atom is 0.306 e. The van der Waals surface area contributed by atoms with Gasteiger partial charge in [-0.05, 0) is 6.07 Å². The number of methoxy groups -OCH3 is 2. The molecule has 0 bridgehead atoms. The van der Waals surface area contributed by atoms with Gasteiger partial charge in [0, 0.05) is 12.0 Å². The predicted octanol–water partition coefficient (Wildman–Crippen LogP) is 2.38. The van der Waals surface area contributed by atoms with Gasteiger partial charge >= 0.3 is 5.97 Å². The molecule has 2 atom stereocenters. The Morgan fingerprint density at radius 3 is 2.05 bits per heavy atom. The second-order valence-corrected chi connectivity index (χ2v) is 4.47. The molecular weight excluding hydrogens is 267 g/mol. The number of ketones is 1. The summed E-state index contributed by atoms with van der Waals surface area (Å²) in [6, 6.07) is 2.27. The van der Waals surface area contributed by atoms with Crippen molar-refractivity contribution in [1.82, 2.24) is 0 Å². The predicted molar refractivity (Wildman–Crippen MR) is 69.8 cm³/mol. The fraction of sp³-hybridized carbons (Fsp3) is 0.429. The molecule has 1 N–H and O–H groups in total. The van der Waals surface area contributed by atoms with Crippen molar-refractivity contribution in [2.24, 2.45) is 11.8 Å². The summed E-state index contributed by atoms with van der Waals surface area (Å²) in [5.41, 5.74) is -0.205. The maximum absolute atomic E-state index is 13.9. The lowest BCUT2D eigenvalue weighted by Crippen LogP contribution is -2.26. The molecule has 0 aliphatic heterocycles. The average molecular weight is 284 g/mol. The van der Waals surface area contributed by atoms with Crippen LogP contribution >= 0.6 is 0 Å². The van der Waals surface area contributed by atoms with E-state index < -0.39 is 29.4 Å². The van der Waals surface area contributed by atoms with Crippen molar-refractivity contribution < 1.29 is 28.6 Å². The number of benzene rings is 1. The fourth-order valence-electron chi connectivity index (χ4n) is 1.73. The Labute approximate surface area is 116 Å². The van der Waals surface area contributed by atoms with Gasteiger partial charge in [0.25, 0.3) is 0 Å². The summed E-state index contributed by atoms with van der Waals surface area (Å²) < 4.78 is 23.9. The minimum absolute atomic E-state index is 0.167. The Hall–Kier alpha value is -2.11. The number of carbonyl (C=O) groups excluding carboxylic acids is 1. The molecule has 0 saturated heterocycles. The molecule has 2 unspecified atom stereocenters. The van der Waals surface area contributed by atoms with Crippen LogP contribution in [0.2, 0.25) is 0 Å². The molecule has 1 aromatic carbocycles. The highest BCUT2D eigenvalue weighted by molar-refractivity contribution is 6.00. The monoisotopic (exact) mass is 284 g/mol. The second-order valence-electron chi connectivity index (χ2n) is 4.47. The molecule has 0 saturated carbocycles. The number of ether oxygens (including phenoxy) is 2. The number of rotatable bonds is 6. The first-order valence-corrected chi connectivity index (χ1v) is 6.02. The Bertz CT molecular complexity index is 527. The fourth-order valence-corrected chi connectivity index (χ4v) is 1.73. The van der Waals surface area contributed by atoms with E-state index >= 15 is 0 Å². The van der Waals surface area contributed by atoms with Crippen LogP contribution in [0.5, 0.6) is 11.5 Å². The maximum atomic E-state index is 13.9. The van der Waals surface area contributed by atoms with Crippen LogP contribution in [0, 0.1) is 17.7 Å². The van der Waals surface area contributed by atoms with E-state index in [1.807, 2.05) is 0 Å². The number of carboxylic acids is 1. The summed E-state index contributed by atoms with van der Waals surface area (Å²) in [5, 5.41) is 8.91. The third-order valence-corrected chi connectivity index (χ3v) is 3.29. The number of halogens is 1. The largest absolute Gasteiger partial charge is 0.493 e. The van der Waals surface area contributed by atoms with E-state index in [0.717, 1.165) is 6.07 Å². The third kappa shape index (κ3) is 3.07. The van der Waals surface area contributed by atoms with Crippen molar-refractivity contribution in [2.75, 3.05) is 14.2 Å². The zero-order valence-corrected chi connectivity index (χ0v) is 11.8. The lowest BCUT2D eigenvalue weighted by atomic mass is 9.88. The lowest BCUT2D eigenvalue weighted by molar-refractivity contribution is -0.142. The van der Waals surface area contributed by atoms with E-state index in [4.69, 9.17) is 14.6 Å². The van der Waals surface area contributed by atoms with Crippen LogP contribution in [-0.2, 0) is 4.79 Å². The Morgan fingerprint density at radius 2 is 1.60 bits per heavy atom. The van der Waals surface area contributed by atoms with Gasteiger partial charge in [-0.3, -0.25) is 9.59 Å². The molecule has 5 nitrogen and oxygen atoms in total. The Kier molecular flexibility index (Phi) is 5.07. The second kappa shape index (κ2) is 6.36. The molecule has 0 fully saturated rings. The van der Waals surface area contributed by atoms with Gasteiger partial charge in [-0.2, -0.15) is 0 Å². The molecular formula is C14H17FO5. The van der Waals surface area contributed by atoms with Gasteiger partial charge in [0.05, 0.1) is 25.7 Å². The van der Waals surface area contributed by atoms with Crippen LogP contribution < -0.4 is 9.47 Å². The molecule has 1 aromatic rings. The van der Waals surface area contributed by atoms with Crippen LogP contribution in [0.4, 0.5) is 4.39 Å². The van der Waals surface area contributed by atoms with Crippen molar-refractivity contribution in [2.45, 2.75) is 13.8 Å². The first kappa shape index (κ1) is 15.9. The number of carboxylic acid groups (broad SMARTS) is 1. The van der Waals surface area contributed by atoms with Gasteiger partial charge in [0.2, 0.25) is 0 Å². The highest BCUT2D eigenvalue weighted by atomic mass is 19.1. The molecule has 0 heterocycles. The van der Waals surface area contributed by atoms with E-state index in [9.17, 15) is 14.0 Å². The number of aliphatic carboxylic acids is 1. The molecule has 6 heteroatoms. The topological polar surface area (TPSA) is 72.8 Å². The molecule has 0 radical (unpaired) electrons. The first-order chi connectivity index (χ1) is 9.33. The summed E-state index contributed by atoms with van der Waals surface area (Å²) in [6.45, 7) is 2.86. The molecule has 20 heavy (non-hydrogen) atoms. The zero-order valence-electron chi connectivity index (χ0n) is 11.8. The molecule has 0 amide bonds. The number of hydrogen-bond acceptors (Lipinski definition) is 4. The molecule has 0 aromatic heterocycles. The van der Waals surface area contributed by atoms with E-state index in [2.05, 4.69) is 0 Å². The van der Waals surface area contributed by atoms with E-state index in [0.29, 0.717) is 0 Å². The van der Waals surface area contributed by atoms with Crippen molar-refractivity contribution in [3.63, 3.8) is 0 Å². The van der Waals surface area contributed by atoms with Gasteiger partial charge in [0.15, 0.2) is 17.3 Å². The van der Waals surface area contributed by atoms with Gasteiger partial charge in [-0.15, -0.1) is 0 Å². The minimum Gasteiger partial charge on any atom is -0.493 e. The minimum atomic E-state index is -1.10. The van der Waals surface area contributed by atoms with E-state index in [1.54, 1.807) is 0 Å². The zero-order chi connectivity index (χ0) is 15.4. The summed E-state index contributed by atoms with van der Waals surface area (Å²) in [6.07, 6.45) is 0. The summed E-state index contributed by atoms with van der Waals surface area (Å²) in [4.78, 5) is 23.1.